The molecule has 1 rings (SSSR count). The number of aromatic nitrogens is 1. The normalized spacial score (nSPS) is 10.7. The van der Waals surface area contributed by atoms with Crippen LogP contribution in [0.4, 0.5) is 5.82 Å². The summed E-state index contributed by atoms with van der Waals surface area (Å²) in [7, 11) is 2.37. The molecule has 0 saturated heterocycles. The number of rotatable bonds is 4. The molecule has 0 N–H and O–H groups in total. The maximum atomic E-state index is 11.3. The van der Waals surface area contributed by atoms with Gasteiger partial charge in [0.25, 0.3) is 0 Å². The van der Waals surface area contributed by atoms with Crippen LogP contribution in [0, 0.1) is 5.92 Å². The van der Waals surface area contributed by atoms with Crippen LogP contribution in [0.25, 0.3) is 0 Å². The lowest BCUT2D eigenvalue weighted by Crippen LogP contribution is -2.27. The van der Waals surface area contributed by atoms with Crippen molar-refractivity contribution in [1.82, 2.24) is 4.98 Å². The largest absolute Gasteiger partial charge is 0.468 e. The first-order chi connectivity index (χ1) is 8.58. The van der Waals surface area contributed by atoms with Crippen molar-refractivity contribution < 1.29 is 19.1 Å². The Labute approximate surface area is 112 Å². The van der Waals surface area contributed by atoms with Gasteiger partial charge in [-0.3, -0.25) is 9.59 Å². The molecule has 0 radical (unpaired) electrons. The van der Waals surface area contributed by atoms with Crippen LogP contribution in [0.3, 0.4) is 0 Å². The minimum absolute atomic E-state index is 0.371. The molecule has 6 nitrogen and oxygen atoms in total. The summed E-state index contributed by atoms with van der Waals surface area (Å²) >= 11 is 3.23. The lowest BCUT2D eigenvalue weighted by molar-refractivity contribution is -0.154. The number of ether oxygens (including phenoxy) is 2. The quantitative estimate of drug-likeness (QED) is 0.478. The molecule has 1 aromatic rings. The second kappa shape index (κ2) is 6.85. The van der Waals surface area contributed by atoms with E-state index in [0.717, 1.165) is 10.7 Å². The predicted octanol–water partition coefficient (Wildman–Crippen LogP) is 1.51. The minimum Gasteiger partial charge on any atom is -0.468 e. The monoisotopic (exact) mass is 314 g/mol. The number of carbonyl (C=O) groups excluding carboxylic acids is 2. The fraction of sp³-hybridized carbons (Fsp3) is 0.273. The van der Waals surface area contributed by atoms with Crippen molar-refractivity contribution in [1.29, 1.82) is 0 Å². The summed E-state index contributed by atoms with van der Waals surface area (Å²) in [4.78, 5) is 30.6. The lowest BCUT2D eigenvalue weighted by atomic mass is 10.2. The first-order valence-corrected chi connectivity index (χ1v) is 5.69. The van der Waals surface area contributed by atoms with Gasteiger partial charge in [-0.1, -0.05) is 0 Å². The van der Waals surface area contributed by atoms with E-state index >= 15 is 0 Å². The summed E-state index contributed by atoms with van der Waals surface area (Å²) in [6.07, 6.45) is 2.70. The number of carbonyl (C=O) groups is 2. The Morgan fingerprint density at radius 1 is 1.33 bits per heavy atom. The molecule has 0 saturated carbocycles. The summed E-state index contributed by atoms with van der Waals surface area (Å²) < 4.78 is 9.77. The Morgan fingerprint density at radius 3 is 2.39 bits per heavy atom. The summed E-state index contributed by atoms with van der Waals surface area (Å²) in [5, 5.41) is 0. The number of nitrogens with zero attached hydrogens (tertiary/aromatic N) is 2. The van der Waals surface area contributed by atoms with Crippen LogP contribution in [0.15, 0.2) is 27.8 Å². The van der Waals surface area contributed by atoms with E-state index in [1.165, 1.54) is 14.2 Å². The molecular formula is C11H11BrN2O4. The molecule has 1 heterocycles. The Morgan fingerprint density at radius 2 is 1.94 bits per heavy atom. The van der Waals surface area contributed by atoms with Crippen molar-refractivity contribution >= 4 is 39.9 Å². The van der Waals surface area contributed by atoms with Crippen molar-refractivity contribution in [3.63, 3.8) is 0 Å². The average Bonchev–Trinajstić information content (AvgIpc) is 2.40. The number of methoxy groups -OCH3 is 2. The van der Waals surface area contributed by atoms with Gasteiger partial charge in [-0.25, -0.2) is 9.98 Å². The number of hydrogen-bond acceptors (Lipinski definition) is 6. The van der Waals surface area contributed by atoms with Crippen molar-refractivity contribution in [3.8, 4) is 0 Å². The Hall–Kier alpha value is -1.76. The molecule has 0 bridgehead atoms. The third-order valence-corrected chi connectivity index (χ3v) is 2.45. The number of aliphatic imine (C=N–C) groups is 1. The fourth-order valence-electron chi connectivity index (χ4n) is 1.07. The van der Waals surface area contributed by atoms with Gasteiger partial charge in [0.2, 0.25) is 0 Å². The van der Waals surface area contributed by atoms with Crippen LogP contribution < -0.4 is 0 Å². The van der Waals surface area contributed by atoms with Crippen molar-refractivity contribution in [3.05, 3.63) is 22.8 Å². The molecule has 0 aliphatic heterocycles. The molecule has 0 spiro atoms. The van der Waals surface area contributed by atoms with Crippen LogP contribution in [-0.4, -0.2) is 37.4 Å². The number of halogens is 1. The van der Waals surface area contributed by atoms with Crippen LogP contribution in [0.2, 0.25) is 0 Å². The zero-order valence-corrected chi connectivity index (χ0v) is 11.4. The molecule has 7 heteroatoms. The van der Waals surface area contributed by atoms with Crippen LogP contribution in [0.5, 0.6) is 0 Å². The van der Waals surface area contributed by atoms with Gasteiger partial charge in [0.15, 0.2) is 11.7 Å². The van der Waals surface area contributed by atoms with E-state index in [9.17, 15) is 9.59 Å². The van der Waals surface area contributed by atoms with Gasteiger partial charge >= 0.3 is 11.9 Å². The highest BCUT2D eigenvalue weighted by atomic mass is 79.9. The second-order valence-electron chi connectivity index (χ2n) is 3.14. The molecule has 0 fully saturated rings. The first kappa shape index (κ1) is 14.3. The maximum Gasteiger partial charge on any atom is 0.325 e. The van der Waals surface area contributed by atoms with E-state index in [4.69, 9.17) is 0 Å². The minimum atomic E-state index is -1.19. The Balaban J connectivity index is 2.86. The van der Waals surface area contributed by atoms with Gasteiger partial charge in [0, 0.05) is 16.9 Å². The molecule has 0 aromatic carbocycles. The average molecular weight is 315 g/mol. The van der Waals surface area contributed by atoms with Crippen LogP contribution >= 0.6 is 15.9 Å². The van der Waals surface area contributed by atoms with E-state index in [2.05, 4.69) is 35.4 Å². The van der Waals surface area contributed by atoms with Crippen molar-refractivity contribution in [2.75, 3.05) is 14.2 Å². The summed E-state index contributed by atoms with van der Waals surface area (Å²) in [5.74, 6) is -2.29. The molecule has 18 heavy (non-hydrogen) atoms. The van der Waals surface area contributed by atoms with Gasteiger partial charge in [-0.05, 0) is 28.1 Å². The molecule has 96 valence electrons. The Bertz CT molecular complexity index is 443. The summed E-state index contributed by atoms with van der Waals surface area (Å²) in [6, 6.07) is 3.37. The highest BCUT2D eigenvalue weighted by Gasteiger charge is 2.26. The zero-order valence-electron chi connectivity index (χ0n) is 9.79. The first-order valence-electron chi connectivity index (χ1n) is 4.90. The van der Waals surface area contributed by atoms with E-state index in [1.54, 1.807) is 18.3 Å². The molecular weight excluding hydrogens is 304 g/mol. The highest BCUT2D eigenvalue weighted by Crippen LogP contribution is 2.13. The van der Waals surface area contributed by atoms with Gasteiger partial charge in [0.05, 0.1) is 14.2 Å². The van der Waals surface area contributed by atoms with E-state index in [1.807, 2.05) is 0 Å². The van der Waals surface area contributed by atoms with Crippen molar-refractivity contribution in [2.45, 2.75) is 0 Å². The molecule has 0 amide bonds. The smallest absolute Gasteiger partial charge is 0.325 e. The number of esters is 2. The van der Waals surface area contributed by atoms with Gasteiger partial charge < -0.3 is 9.47 Å². The third kappa shape index (κ3) is 3.92. The summed E-state index contributed by atoms with van der Waals surface area (Å²) in [5.41, 5.74) is 0. The van der Waals surface area contributed by atoms with E-state index in [0.29, 0.717) is 5.82 Å². The van der Waals surface area contributed by atoms with Gasteiger partial charge in [0.1, 0.15) is 0 Å². The molecule has 1 aromatic heterocycles. The molecule has 0 aliphatic rings. The fourth-order valence-corrected chi connectivity index (χ4v) is 1.30. The van der Waals surface area contributed by atoms with Gasteiger partial charge in [-0.2, -0.15) is 0 Å². The lowest BCUT2D eigenvalue weighted by Gasteiger charge is -2.06. The summed E-state index contributed by atoms with van der Waals surface area (Å²) in [6.45, 7) is 0. The molecule has 0 aliphatic carbocycles. The molecule has 0 atom stereocenters. The topological polar surface area (TPSA) is 77.9 Å². The van der Waals surface area contributed by atoms with E-state index < -0.39 is 17.9 Å². The third-order valence-electron chi connectivity index (χ3n) is 1.98. The van der Waals surface area contributed by atoms with Crippen LogP contribution in [-0.2, 0) is 19.1 Å². The second-order valence-corrected chi connectivity index (χ2v) is 4.05. The number of hydrogen-bond donors (Lipinski definition) is 0. The highest BCUT2D eigenvalue weighted by molar-refractivity contribution is 9.10. The standard InChI is InChI=1S/C11H11BrN2O4/c1-17-10(15)8(11(16)18-2)6-14-9-4-3-7(12)5-13-9/h3-6,8H,1-2H3. The van der Waals surface area contributed by atoms with Gasteiger partial charge in [-0.15, -0.1) is 0 Å². The van der Waals surface area contributed by atoms with Crippen LogP contribution in [0.1, 0.15) is 0 Å². The van der Waals surface area contributed by atoms with Crippen molar-refractivity contribution in [2.24, 2.45) is 10.9 Å². The maximum absolute atomic E-state index is 11.3. The van der Waals surface area contributed by atoms with E-state index in [-0.39, 0.29) is 0 Å². The Kier molecular flexibility index (Phi) is 5.44. The predicted molar refractivity (Wildman–Crippen MR) is 67.6 cm³/mol. The number of pyridine rings is 1. The zero-order chi connectivity index (χ0) is 13.5. The SMILES string of the molecule is COC(=O)C(C=Nc1ccc(Br)cn1)C(=O)OC. The molecule has 0 unspecified atom stereocenters.